The Morgan fingerprint density at radius 2 is 1.96 bits per heavy atom. The number of benzene rings is 1. The van der Waals surface area contributed by atoms with E-state index in [-0.39, 0.29) is 24.6 Å². The van der Waals surface area contributed by atoms with Crippen LogP contribution in [0.2, 0.25) is 0 Å². The Bertz CT molecular complexity index is 830. The summed E-state index contributed by atoms with van der Waals surface area (Å²) >= 11 is 0. The number of tetrazole rings is 1. The van der Waals surface area contributed by atoms with Crippen LogP contribution in [0.4, 0.5) is 5.69 Å². The zero-order valence-electron chi connectivity index (χ0n) is 15.6. The molecule has 0 saturated carbocycles. The molecule has 3 rings (SSSR count). The van der Waals surface area contributed by atoms with Crippen molar-refractivity contribution >= 4 is 23.5 Å². The molecule has 1 saturated heterocycles. The number of nitrogens with one attached hydrogen (secondary N) is 1. The third-order valence-electron chi connectivity index (χ3n) is 4.58. The molecule has 2 heterocycles. The molecule has 0 atom stereocenters. The molecule has 1 N–H and O–H groups in total. The van der Waals surface area contributed by atoms with E-state index in [1.54, 1.807) is 23.1 Å². The van der Waals surface area contributed by atoms with Gasteiger partial charge in [-0.3, -0.25) is 9.59 Å². The quantitative estimate of drug-likeness (QED) is 0.727. The summed E-state index contributed by atoms with van der Waals surface area (Å²) in [6, 6.07) is 6.45. The molecule has 1 fully saturated rings. The molecule has 1 aromatic carbocycles. The molecule has 0 aliphatic carbocycles. The van der Waals surface area contributed by atoms with E-state index >= 15 is 0 Å². The molecule has 10 heteroatoms. The van der Waals surface area contributed by atoms with Crippen molar-refractivity contribution in [2.75, 3.05) is 25.0 Å². The summed E-state index contributed by atoms with van der Waals surface area (Å²) in [6.07, 6.45) is 3.22. The van der Waals surface area contributed by atoms with E-state index in [9.17, 15) is 14.4 Å². The number of anilines is 1. The fraction of sp³-hybridized carbons (Fsp3) is 0.444. The number of esters is 1. The van der Waals surface area contributed by atoms with Crippen LogP contribution < -0.4 is 5.32 Å². The van der Waals surface area contributed by atoms with Gasteiger partial charge < -0.3 is 15.0 Å². The fourth-order valence-electron chi connectivity index (χ4n) is 2.91. The zero-order chi connectivity index (χ0) is 19.9. The number of carbonyl (C=O) groups excluding carboxylic acids is 3. The third kappa shape index (κ3) is 5.12. The number of rotatable bonds is 6. The largest absolute Gasteiger partial charge is 0.452 e. The lowest BCUT2D eigenvalue weighted by atomic mass is 9.99. The monoisotopic (exact) mass is 386 g/mol. The molecule has 2 aromatic rings. The second-order valence-corrected chi connectivity index (χ2v) is 6.74. The smallest absolute Gasteiger partial charge is 0.340 e. The number of nitrogens with zero attached hydrogens (tertiary/aromatic N) is 5. The minimum absolute atomic E-state index is 0.0950. The minimum atomic E-state index is -0.669. The van der Waals surface area contributed by atoms with Gasteiger partial charge in [-0.1, -0.05) is 19.1 Å². The highest BCUT2D eigenvalue weighted by Crippen LogP contribution is 2.18. The molecular formula is C18H22N6O4. The number of hydrogen-bond donors (Lipinski definition) is 1. The maximum Gasteiger partial charge on any atom is 0.340 e. The van der Waals surface area contributed by atoms with Gasteiger partial charge in [-0.05, 0) is 41.3 Å². The van der Waals surface area contributed by atoms with Crippen LogP contribution in [0.5, 0.6) is 0 Å². The second kappa shape index (κ2) is 9.07. The van der Waals surface area contributed by atoms with E-state index in [4.69, 9.17) is 4.74 Å². The van der Waals surface area contributed by atoms with Gasteiger partial charge in [0, 0.05) is 13.1 Å². The number of likely N-dealkylation sites (tertiary alicyclic amines) is 1. The van der Waals surface area contributed by atoms with Crippen LogP contribution in [0.25, 0.3) is 0 Å². The number of amides is 2. The minimum Gasteiger partial charge on any atom is -0.452 e. The number of carbonyl (C=O) groups is 3. The Labute approximate surface area is 161 Å². The number of piperidine rings is 1. The summed E-state index contributed by atoms with van der Waals surface area (Å²) in [7, 11) is 0. The molecule has 28 heavy (non-hydrogen) atoms. The predicted octanol–water partition coefficient (Wildman–Crippen LogP) is 0.727. The molecule has 0 spiro atoms. The lowest BCUT2D eigenvalue weighted by Gasteiger charge is -2.30. The van der Waals surface area contributed by atoms with Gasteiger partial charge in [0.1, 0.15) is 12.9 Å². The summed E-state index contributed by atoms with van der Waals surface area (Å²) in [4.78, 5) is 38.5. The van der Waals surface area contributed by atoms with Crippen molar-refractivity contribution in [3.8, 4) is 0 Å². The molecule has 10 nitrogen and oxygen atoms in total. The molecule has 0 bridgehead atoms. The fourth-order valence-corrected chi connectivity index (χ4v) is 2.91. The SMILES string of the molecule is CC1CCN(C(=O)COC(=O)c2ccccc2NC(=O)Cn2cnnn2)CC1. The average Bonchev–Trinajstić information content (AvgIpc) is 3.19. The summed E-state index contributed by atoms with van der Waals surface area (Å²) < 4.78 is 6.44. The first-order valence-electron chi connectivity index (χ1n) is 9.07. The van der Waals surface area contributed by atoms with E-state index in [0.29, 0.717) is 24.7 Å². The lowest BCUT2D eigenvalue weighted by Crippen LogP contribution is -2.40. The Kier molecular flexibility index (Phi) is 6.30. The van der Waals surface area contributed by atoms with Gasteiger partial charge in [-0.2, -0.15) is 0 Å². The van der Waals surface area contributed by atoms with Crippen LogP contribution in [0, 0.1) is 5.92 Å². The van der Waals surface area contributed by atoms with Crippen molar-refractivity contribution in [1.29, 1.82) is 0 Å². The second-order valence-electron chi connectivity index (χ2n) is 6.74. The molecular weight excluding hydrogens is 364 g/mol. The maximum atomic E-state index is 12.4. The van der Waals surface area contributed by atoms with Crippen LogP contribution in [-0.2, 0) is 20.9 Å². The molecule has 1 aromatic heterocycles. The van der Waals surface area contributed by atoms with Gasteiger partial charge in [0.15, 0.2) is 6.61 Å². The van der Waals surface area contributed by atoms with E-state index in [2.05, 4.69) is 27.8 Å². The highest BCUT2D eigenvalue weighted by Gasteiger charge is 2.22. The van der Waals surface area contributed by atoms with Gasteiger partial charge in [0.2, 0.25) is 5.91 Å². The van der Waals surface area contributed by atoms with E-state index in [1.165, 1.54) is 17.1 Å². The lowest BCUT2D eigenvalue weighted by molar-refractivity contribution is -0.135. The van der Waals surface area contributed by atoms with Gasteiger partial charge in [-0.15, -0.1) is 5.10 Å². The Hall–Kier alpha value is -3.30. The summed E-state index contributed by atoms with van der Waals surface area (Å²) in [5.41, 5.74) is 0.470. The zero-order valence-corrected chi connectivity index (χ0v) is 15.6. The molecule has 1 aliphatic rings. The summed E-state index contributed by atoms with van der Waals surface area (Å²) in [6.45, 7) is 3.11. The van der Waals surface area contributed by atoms with Gasteiger partial charge in [0.25, 0.3) is 5.91 Å². The highest BCUT2D eigenvalue weighted by molar-refractivity contribution is 6.01. The van der Waals surface area contributed by atoms with Crippen LogP contribution in [0.15, 0.2) is 30.6 Å². The number of hydrogen-bond acceptors (Lipinski definition) is 7. The van der Waals surface area contributed by atoms with Gasteiger partial charge in [0.05, 0.1) is 11.3 Å². The predicted molar refractivity (Wildman–Crippen MR) is 98.1 cm³/mol. The first-order chi connectivity index (χ1) is 13.5. The Morgan fingerprint density at radius 1 is 1.21 bits per heavy atom. The molecule has 148 valence electrons. The number of aromatic nitrogens is 4. The van der Waals surface area contributed by atoms with E-state index in [1.807, 2.05) is 0 Å². The third-order valence-corrected chi connectivity index (χ3v) is 4.58. The van der Waals surface area contributed by atoms with Crippen molar-refractivity contribution in [1.82, 2.24) is 25.1 Å². The number of para-hydroxylation sites is 1. The van der Waals surface area contributed by atoms with E-state index < -0.39 is 11.9 Å². The van der Waals surface area contributed by atoms with Crippen LogP contribution in [0.1, 0.15) is 30.1 Å². The normalized spacial score (nSPS) is 14.5. The van der Waals surface area contributed by atoms with Crippen LogP contribution in [0.3, 0.4) is 0 Å². The van der Waals surface area contributed by atoms with Gasteiger partial charge in [-0.25, -0.2) is 9.48 Å². The van der Waals surface area contributed by atoms with Crippen LogP contribution >= 0.6 is 0 Å². The van der Waals surface area contributed by atoms with Crippen molar-refractivity contribution in [3.63, 3.8) is 0 Å². The molecule has 1 aliphatic heterocycles. The van der Waals surface area contributed by atoms with Crippen LogP contribution in [-0.4, -0.2) is 62.6 Å². The van der Waals surface area contributed by atoms with E-state index in [0.717, 1.165) is 12.8 Å². The first-order valence-corrected chi connectivity index (χ1v) is 9.07. The topological polar surface area (TPSA) is 119 Å². The maximum absolute atomic E-state index is 12.4. The Morgan fingerprint density at radius 3 is 2.68 bits per heavy atom. The van der Waals surface area contributed by atoms with Crippen molar-refractivity contribution < 1.29 is 19.1 Å². The van der Waals surface area contributed by atoms with Gasteiger partial charge >= 0.3 is 5.97 Å². The molecule has 0 unspecified atom stereocenters. The standard InChI is InChI=1S/C18H22N6O4/c1-13-6-8-23(9-7-13)17(26)11-28-18(27)14-4-2-3-5-15(14)20-16(25)10-24-12-19-21-22-24/h2-5,12-13H,6-11H2,1H3,(H,20,25). The summed E-state index contributed by atoms with van der Waals surface area (Å²) in [5, 5.41) is 13.2. The first kappa shape index (κ1) is 19.5. The number of ether oxygens (including phenoxy) is 1. The molecule has 0 radical (unpaired) electrons. The highest BCUT2D eigenvalue weighted by atomic mass is 16.5. The Balaban J connectivity index is 1.56. The van der Waals surface area contributed by atoms with Crippen molar-refractivity contribution in [3.05, 3.63) is 36.2 Å². The van der Waals surface area contributed by atoms with Crippen molar-refractivity contribution in [2.45, 2.75) is 26.3 Å². The average molecular weight is 386 g/mol. The molecule has 2 amide bonds. The summed E-state index contributed by atoms with van der Waals surface area (Å²) in [5.74, 6) is -0.668. The van der Waals surface area contributed by atoms with Crippen molar-refractivity contribution in [2.24, 2.45) is 5.92 Å².